The smallest absolute Gasteiger partial charge is 0.321 e. The summed E-state index contributed by atoms with van der Waals surface area (Å²) in [5.41, 5.74) is 1.58. The van der Waals surface area contributed by atoms with Gasteiger partial charge in [-0.3, -0.25) is 0 Å². The Labute approximate surface area is 174 Å². The maximum atomic E-state index is 12.7. The van der Waals surface area contributed by atoms with Crippen molar-refractivity contribution in [2.24, 2.45) is 0 Å². The van der Waals surface area contributed by atoms with Crippen LogP contribution in [0.1, 0.15) is 24.7 Å². The predicted molar refractivity (Wildman–Crippen MR) is 112 cm³/mol. The molecule has 30 heavy (non-hydrogen) atoms. The first-order valence-corrected chi connectivity index (χ1v) is 9.84. The molecular weight excluding hydrogens is 384 g/mol. The minimum Gasteiger partial charge on any atom is -0.497 e. The maximum absolute atomic E-state index is 12.7. The normalized spacial score (nSPS) is 16.2. The fourth-order valence-corrected chi connectivity index (χ4v) is 3.50. The van der Waals surface area contributed by atoms with Crippen molar-refractivity contribution in [1.82, 2.24) is 15.0 Å². The van der Waals surface area contributed by atoms with Crippen molar-refractivity contribution in [3.8, 4) is 22.9 Å². The summed E-state index contributed by atoms with van der Waals surface area (Å²) in [7, 11) is 3.24. The highest BCUT2D eigenvalue weighted by Crippen LogP contribution is 2.28. The molecule has 0 spiro atoms. The molecule has 4 rings (SSSR count). The summed E-state index contributed by atoms with van der Waals surface area (Å²) in [4.78, 5) is 19.0. The standard InChI is InChI=1S/C22H24N4O4/c1-28-18-9-5-15(6-10-18)20-24-21(30-25-20)16-4-3-13-26(14-16)22(27)23-17-7-11-19(29-2)12-8-17/h5-12,16H,3-4,13-14H2,1-2H3,(H,23,27)/t16-/m0/s1. The molecule has 2 amide bonds. The molecule has 1 atom stereocenters. The fourth-order valence-electron chi connectivity index (χ4n) is 3.50. The first-order valence-electron chi connectivity index (χ1n) is 9.84. The largest absolute Gasteiger partial charge is 0.497 e. The zero-order valence-electron chi connectivity index (χ0n) is 17.0. The number of benzene rings is 2. The minimum absolute atomic E-state index is 0.0138. The lowest BCUT2D eigenvalue weighted by Crippen LogP contribution is -2.41. The summed E-state index contributed by atoms with van der Waals surface area (Å²) in [6.45, 7) is 1.23. The van der Waals surface area contributed by atoms with E-state index >= 15 is 0 Å². The Morgan fingerprint density at radius 2 is 1.73 bits per heavy atom. The summed E-state index contributed by atoms with van der Waals surface area (Å²) >= 11 is 0. The summed E-state index contributed by atoms with van der Waals surface area (Å²) in [5, 5.41) is 7.04. The van der Waals surface area contributed by atoms with Crippen molar-refractivity contribution < 1.29 is 18.8 Å². The highest BCUT2D eigenvalue weighted by molar-refractivity contribution is 5.89. The Morgan fingerprint density at radius 3 is 2.40 bits per heavy atom. The monoisotopic (exact) mass is 408 g/mol. The molecule has 1 saturated heterocycles. The van der Waals surface area contributed by atoms with E-state index in [-0.39, 0.29) is 11.9 Å². The molecule has 2 aromatic carbocycles. The molecular formula is C22H24N4O4. The van der Waals surface area contributed by atoms with Crippen molar-refractivity contribution in [3.63, 3.8) is 0 Å². The number of nitrogens with one attached hydrogen (secondary N) is 1. The second-order valence-corrected chi connectivity index (χ2v) is 7.13. The minimum atomic E-state index is -0.139. The number of carbonyl (C=O) groups excluding carboxylic acids is 1. The molecule has 156 valence electrons. The van der Waals surface area contributed by atoms with E-state index in [0.717, 1.165) is 35.6 Å². The Balaban J connectivity index is 1.40. The fraction of sp³-hybridized carbons (Fsp3) is 0.318. The summed E-state index contributed by atoms with van der Waals surface area (Å²) in [6.07, 6.45) is 1.78. The van der Waals surface area contributed by atoms with Crippen LogP contribution in [0.3, 0.4) is 0 Å². The molecule has 0 bridgehead atoms. The van der Waals surface area contributed by atoms with E-state index in [1.807, 2.05) is 48.5 Å². The molecule has 1 fully saturated rings. The Hall–Kier alpha value is -3.55. The molecule has 0 unspecified atom stereocenters. The van der Waals surface area contributed by atoms with E-state index in [0.29, 0.717) is 24.8 Å². The number of urea groups is 1. The lowest BCUT2D eigenvalue weighted by molar-refractivity contribution is 0.184. The number of amides is 2. The van der Waals surface area contributed by atoms with Crippen LogP contribution in [0.25, 0.3) is 11.4 Å². The number of rotatable bonds is 5. The third-order valence-corrected chi connectivity index (χ3v) is 5.19. The molecule has 1 aliphatic heterocycles. The van der Waals surface area contributed by atoms with Crippen LogP contribution < -0.4 is 14.8 Å². The van der Waals surface area contributed by atoms with E-state index in [4.69, 9.17) is 14.0 Å². The average molecular weight is 408 g/mol. The first-order chi connectivity index (χ1) is 14.7. The summed E-state index contributed by atoms with van der Waals surface area (Å²) in [6, 6.07) is 14.6. The van der Waals surface area contributed by atoms with Gasteiger partial charge in [-0.05, 0) is 61.4 Å². The number of nitrogens with zero attached hydrogens (tertiary/aromatic N) is 3. The number of likely N-dealkylation sites (tertiary alicyclic amines) is 1. The van der Waals surface area contributed by atoms with Gasteiger partial charge in [-0.15, -0.1) is 0 Å². The summed E-state index contributed by atoms with van der Waals surface area (Å²) < 4.78 is 15.8. The van der Waals surface area contributed by atoms with Crippen molar-refractivity contribution in [2.45, 2.75) is 18.8 Å². The van der Waals surface area contributed by atoms with Crippen molar-refractivity contribution in [1.29, 1.82) is 0 Å². The number of aromatic nitrogens is 2. The number of piperidine rings is 1. The summed E-state index contributed by atoms with van der Waals surface area (Å²) in [5.74, 6) is 2.62. The molecule has 0 radical (unpaired) electrons. The van der Waals surface area contributed by atoms with Gasteiger partial charge in [-0.25, -0.2) is 4.79 Å². The molecule has 8 heteroatoms. The third-order valence-electron chi connectivity index (χ3n) is 5.19. The molecule has 0 aliphatic carbocycles. The number of hydrogen-bond donors (Lipinski definition) is 1. The Bertz CT molecular complexity index is 985. The number of carbonyl (C=O) groups is 1. The maximum Gasteiger partial charge on any atom is 0.321 e. The topological polar surface area (TPSA) is 89.7 Å². The molecule has 2 heterocycles. The lowest BCUT2D eigenvalue weighted by Gasteiger charge is -2.31. The second kappa shape index (κ2) is 8.86. The first kappa shape index (κ1) is 19.8. The van der Waals surface area contributed by atoms with Gasteiger partial charge in [0.1, 0.15) is 11.5 Å². The van der Waals surface area contributed by atoms with Gasteiger partial charge in [0, 0.05) is 24.3 Å². The van der Waals surface area contributed by atoms with Crippen LogP contribution in [0.5, 0.6) is 11.5 Å². The van der Waals surface area contributed by atoms with E-state index in [1.165, 1.54) is 0 Å². The van der Waals surface area contributed by atoms with Crippen LogP contribution in [-0.4, -0.2) is 48.4 Å². The quantitative estimate of drug-likeness (QED) is 0.682. The van der Waals surface area contributed by atoms with Crippen molar-refractivity contribution in [3.05, 3.63) is 54.4 Å². The van der Waals surface area contributed by atoms with Gasteiger partial charge in [-0.2, -0.15) is 4.98 Å². The Kier molecular flexibility index (Phi) is 5.83. The van der Waals surface area contributed by atoms with Gasteiger partial charge in [0.15, 0.2) is 0 Å². The Morgan fingerprint density at radius 1 is 1.07 bits per heavy atom. The van der Waals surface area contributed by atoms with E-state index < -0.39 is 0 Å². The zero-order valence-corrected chi connectivity index (χ0v) is 17.0. The second-order valence-electron chi connectivity index (χ2n) is 7.13. The molecule has 1 aromatic heterocycles. The van der Waals surface area contributed by atoms with Gasteiger partial charge in [0.25, 0.3) is 0 Å². The molecule has 0 saturated carbocycles. The molecule has 8 nitrogen and oxygen atoms in total. The van der Waals surface area contributed by atoms with Crippen LogP contribution >= 0.6 is 0 Å². The van der Waals surface area contributed by atoms with Crippen LogP contribution in [0.2, 0.25) is 0 Å². The number of methoxy groups -OCH3 is 2. The number of ether oxygens (including phenoxy) is 2. The highest BCUT2D eigenvalue weighted by Gasteiger charge is 2.28. The van der Waals surface area contributed by atoms with Gasteiger partial charge in [0.2, 0.25) is 11.7 Å². The molecule has 1 N–H and O–H groups in total. The highest BCUT2D eigenvalue weighted by atomic mass is 16.5. The number of hydrogen-bond acceptors (Lipinski definition) is 6. The van der Waals surface area contributed by atoms with Crippen molar-refractivity contribution >= 4 is 11.7 Å². The van der Waals surface area contributed by atoms with E-state index in [1.54, 1.807) is 19.1 Å². The van der Waals surface area contributed by atoms with Gasteiger partial charge in [0.05, 0.1) is 20.1 Å². The third kappa shape index (κ3) is 4.37. The molecule has 3 aromatic rings. The van der Waals surface area contributed by atoms with E-state index in [9.17, 15) is 4.79 Å². The average Bonchev–Trinajstić information content (AvgIpc) is 3.30. The molecule has 1 aliphatic rings. The van der Waals surface area contributed by atoms with Gasteiger partial charge >= 0.3 is 6.03 Å². The van der Waals surface area contributed by atoms with Crippen LogP contribution in [-0.2, 0) is 0 Å². The van der Waals surface area contributed by atoms with Gasteiger partial charge < -0.3 is 24.2 Å². The lowest BCUT2D eigenvalue weighted by atomic mass is 9.98. The van der Waals surface area contributed by atoms with Crippen LogP contribution in [0, 0.1) is 0 Å². The predicted octanol–water partition coefficient (Wildman–Crippen LogP) is 4.17. The van der Waals surface area contributed by atoms with Gasteiger partial charge in [-0.1, -0.05) is 5.16 Å². The van der Waals surface area contributed by atoms with E-state index in [2.05, 4.69) is 15.5 Å². The SMILES string of the molecule is COc1ccc(NC(=O)N2CCC[C@H](c3nc(-c4ccc(OC)cc4)no3)C2)cc1. The zero-order chi connectivity index (χ0) is 20.9. The van der Waals surface area contributed by atoms with Crippen LogP contribution in [0.15, 0.2) is 53.1 Å². The van der Waals surface area contributed by atoms with Crippen molar-refractivity contribution in [2.75, 3.05) is 32.6 Å². The van der Waals surface area contributed by atoms with Crippen LogP contribution in [0.4, 0.5) is 10.5 Å². The number of anilines is 1.